The van der Waals surface area contributed by atoms with Crippen molar-refractivity contribution in [3.63, 3.8) is 0 Å². The number of rotatable bonds is 5. The van der Waals surface area contributed by atoms with Crippen LogP contribution in [0.1, 0.15) is 24.5 Å². The lowest BCUT2D eigenvalue weighted by Crippen LogP contribution is -2.30. The van der Waals surface area contributed by atoms with Crippen LogP contribution < -0.4 is 4.72 Å². The zero-order valence-electron chi connectivity index (χ0n) is 10.4. The lowest BCUT2D eigenvalue weighted by Gasteiger charge is -2.07. The summed E-state index contributed by atoms with van der Waals surface area (Å²) in [6, 6.07) is 9.06. The van der Waals surface area contributed by atoms with Gasteiger partial charge in [0.2, 0.25) is 10.0 Å². The number of aryl methyl sites for hydroxylation is 1. The van der Waals surface area contributed by atoms with Crippen molar-refractivity contribution >= 4 is 16.1 Å². The maximum Gasteiger partial charge on any atom is 0.234 e. The molecule has 1 aromatic rings. The molecule has 0 aliphatic carbocycles. The molecule has 1 aromatic carbocycles. The van der Waals surface area contributed by atoms with Gasteiger partial charge < -0.3 is 0 Å². The first-order valence-electron chi connectivity index (χ1n) is 5.57. The summed E-state index contributed by atoms with van der Waals surface area (Å²) >= 11 is 0. The molecular weight excluding hydrogens is 248 g/mol. The Kier molecular flexibility index (Phi) is 5.08. The average Bonchev–Trinajstić information content (AvgIpc) is 2.28. The summed E-state index contributed by atoms with van der Waals surface area (Å²) in [5.41, 5.74) is 1.94. The molecule has 0 fully saturated rings. The maximum atomic E-state index is 11.6. The van der Waals surface area contributed by atoms with E-state index in [1.54, 1.807) is 6.92 Å². The Hall–Kier alpha value is -1.64. The van der Waals surface area contributed by atoms with Gasteiger partial charge in [0.25, 0.3) is 0 Å². The minimum atomic E-state index is -3.49. The summed E-state index contributed by atoms with van der Waals surface area (Å²) < 4.78 is 25.7. The summed E-state index contributed by atoms with van der Waals surface area (Å²) in [4.78, 5) is 0. The molecule has 96 valence electrons. The third-order valence-corrected chi connectivity index (χ3v) is 3.51. The molecule has 0 saturated carbocycles. The molecule has 0 aromatic heterocycles. The highest BCUT2D eigenvalue weighted by molar-refractivity contribution is 7.92. The topological polar surface area (TPSA) is 70.0 Å². The van der Waals surface area contributed by atoms with Crippen molar-refractivity contribution in [3.8, 4) is 6.07 Å². The normalized spacial score (nSPS) is 13.4. The third-order valence-electron chi connectivity index (χ3n) is 2.28. The Labute approximate surface area is 108 Å². The van der Waals surface area contributed by atoms with E-state index in [9.17, 15) is 8.42 Å². The molecule has 0 amide bonds. The van der Waals surface area contributed by atoms with Crippen LogP contribution >= 0.6 is 0 Å². The molecule has 0 aliphatic rings. The van der Waals surface area contributed by atoms with Crippen molar-refractivity contribution in [2.75, 3.05) is 0 Å². The molecule has 4 nitrogen and oxygen atoms in total. The van der Waals surface area contributed by atoms with Gasteiger partial charge in [-0.2, -0.15) is 5.26 Å². The lowest BCUT2D eigenvalue weighted by molar-refractivity contribution is 0.572. The molecular formula is C13H16N2O2S. The second kappa shape index (κ2) is 6.34. The second-order valence-electron chi connectivity index (χ2n) is 4.14. The van der Waals surface area contributed by atoms with Crippen LogP contribution in [0, 0.1) is 18.3 Å². The minimum absolute atomic E-state index is 0.150. The number of nitrogens with one attached hydrogen (secondary N) is 1. The lowest BCUT2D eigenvalue weighted by atomic mass is 10.2. The SMILES string of the molecule is Cc1ccc(/C=C/S(=O)(=O)N[C@@H](C)CC#N)cc1. The molecule has 0 heterocycles. The predicted molar refractivity (Wildman–Crippen MR) is 72.0 cm³/mol. The van der Waals surface area contributed by atoms with Gasteiger partial charge in [-0.3, -0.25) is 0 Å². The summed E-state index contributed by atoms with van der Waals surface area (Å²) in [6.07, 6.45) is 1.68. The Morgan fingerprint density at radius 3 is 2.56 bits per heavy atom. The van der Waals surface area contributed by atoms with Crippen LogP contribution in [0.5, 0.6) is 0 Å². The Balaban J connectivity index is 2.71. The second-order valence-corrected chi connectivity index (χ2v) is 5.74. The van der Waals surface area contributed by atoms with E-state index in [1.165, 1.54) is 6.08 Å². The zero-order chi connectivity index (χ0) is 13.6. The van der Waals surface area contributed by atoms with Crippen LogP contribution in [-0.2, 0) is 10.0 Å². The number of benzene rings is 1. The molecule has 0 unspecified atom stereocenters. The molecule has 1 rings (SSSR count). The predicted octanol–water partition coefficient (Wildman–Crippen LogP) is 2.19. The van der Waals surface area contributed by atoms with E-state index in [4.69, 9.17) is 5.26 Å². The summed E-state index contributed by atoms with van der Waals surface area (Å²) in [6.45, 7) is 3.62. The van der Waals surface area contributed by atoms with E-state index in [-0.39, 0.29) is 12.5 Å². The largest absolute Gasteiger partial charge is 0.234 e. The van der Waals surface area contributed by atoms with Gasteiger partial charge in [0.1, 0.15) is 0 Å². The standard InChI is InChI=1S/C13H16N2O2S/c1-11-3-5-13(6-4-11)8-10-18(16,17)15-12(2)7-9-14/h3-6,8,10,12,15H,7H2,1-2H3/b10-8+/t12-/m0/s1. The van der Waals surface area contributed by atoms with E-state index in [0.29, 0.717) is 0 Å². The fraction of sp³-hybridized carbons (Fsp3) is 0.308. The number of sulfonamides is 1. The molecule has 18 heavy (non-hydrogen) atoms. The van der Waals surface area contributed by atoms with Crippen molar-refractivity contribution < 1.29 is 8.42 Å². The van der Waals surface area contributed by atoms with Crippen LogP contribution in [0.4, 0.5) is 0 Å². The van der Waals surface area contributed by atoms with Gasteiger partial charge in [0.05, 0.1) is 12.5 Å². The first kappa shape index (κ1) is 14.4. The monoisotopic (exact) mass is 264 g/mol. The molecule has 0 bridgehead atoms. The molecule has 1 N–H and O–H groups in total. The van der Waals surface area contributed by atoms with Crippen molar-refractivity contribution in [1.29, 1.82) is 5.26 Å². The highest BCUT2D eigenvalue weighted by Crippen LogP contribution is 2.06. The van der Waals surface area contributed by atoms with Crippen molar-refractivity contribution in [1.82, 2.24) is 4.72 Å². The Bertz CT molecular complexity index is 554. The number of nitrogens with zero attached hydrogens (tertiary/aromatic N) is 1. The van der Waals surface area contributed by atoms with E-state index < -0.39 is 10.0 Å². The fourth-order valence-electron chi connectivity index (χ4n) is 1.34. The fourth-order valence-corrected chi connectivity index (χ4v) is 2.40. The van der Waals surface area contributed by atoms with E-state index in [1.807, 2.05) is 37.3 Å². The van der Waals surface area contributed by atoms with Gasteiger partial charge in [0.15, 0.2) is 0 Å². The quantitative estimate of drug-likeness (QED) is 0.886. The Morgan fingerprint density at radius 1 is 1.39 bits per heavy atom. The van der Waals surface area contributed by atoms with Gasteiger partial charge in [-0.05, 0) is 25.5 Å². The van der Waals surface area contributed by atoms with Crippen LogP contribution in [-0.4, -0.2) is 14.5 Å². The number of hydrogen-bond acceptors (Lipinski definition) is 3. The van der Waals surface area contributed by atoms with Gasteiger partial charge in [-0.15, -0.1) is 0 Å². The van der Waals surface area contributed by atoms with Gasteiger partial charge in [-0.1, -0.05) is 29.8 Å². The highest BCUT2D eigenvalue weighted by atomic mass is 32.2. The van der Waals surface area contributed by atoms with Crippen LogP contribution in [0.3, 0.4) is 0 Å². The van der Waals surface area contributed by atoms with Gasteiger partial charge >= 0.3 is 0 Å². The third kappa shape index (κ3) is 5.13. The Morgan fingerprint density at radius 2 is 2.00 bits per heavy atom. The smallest absolute Gasteiger partial charge is 0.208 e. The summed E-state index contributed by atoms with van der Waals surface area (Å²) in [5.74, 6) is 0. The van der Waals surface area contributed by atoms with Crippen molar-refractivity contribution in [3.05, 3.63) is 40.8 Å². The van der Waals surface area contributed by atoms with Gasteiger partial charge in [-0.25, -0.2) is 13.1 Å². The maximum absolute atomic E-state index is 11.6. The highest BCUT2D eigenvalue weighted by Gasteiger charge is 2.10. The summed E-state index contributed by atoms with van der Waals surface area (Å²) in [5, 5.41) is 9.58. The van der Waals surface area contributed by atoms with Gasteiger partial charge in [0, 0.05) is 11.4 Å². The zero-order valence-corrected chi connectivity index (χ0v) is 11.2. The molecule has 0 radical (unpaired) electrons. The molecule has 5 heteroatoms. The molecule has 1 atom stereocenters. The molecule has 0 spiro atoms. The minimum Gasteiger partial charge on any atom is -0.208 e. The van der Waals surface area contributed by atoms with E-state index in [0.717, 1.165) is 16.5 Å². The summed E-state index contributed by atoms with van der Waals surface area (Å²) in [7, 11) is -3.49. The first-order valence-corrected chi connectivity index (χ1v) is 7.11. The first-order chi connectivity index (χ1) is 8.43. The van der Waals surface area contributed by atoms with Crippen LogP contribution in [0.2, 0.25) is 0 Å². The molecule has 0 aliphatic heterocycles. The molecule has 0 saturated heterocycles. The van der Waals surface area contributed by atoms with E-state index in [2.05, 4.69) is 4.72 Å². The van der Waals surface area contributed by atoms with Crippen molar-refractivity contribution in [2.45, 2.75) is 26.3 Å². The number of nitriles is 1. The van der Waals surface area contributed by atoms with Crippen LogP contribution in [0.25, 0.3) is 6.08 Å². The average molecular weight is 264 g/mol. The van der Waals surface area contributed by atoms with Crippen molar-refractivity contribution in [2.24, 2.45) is 0 Å². The van der Waals surface area contributed by atoms with E-state index >= 15 is 0 Å². The van der Waals surface area contributed by atoms with Crippen LogP contribution in [0.15, 0.2) is 29.7 Å². The number of hydrogen-bond donors (Lipinski definition) is 1.